The lowest BCUT2D eigenvalue weighted by atomic mass is 9.67. The van der Waals surface area contributed by atoms with Gasteiger partial charge in [0.2, 0.25) is 0 Å². The third kappa shape index (κ3) is 3.56. The van der Waals surface area contributed by atoms with Crippen LogP contribution in [0.4, 0.5) is 4.39 Å². The molecule has 1 saturated carbocycles. The van der Waals surface area contributed by atoms with Crippen molar-refractivity contribution in [2.75, 3.05) is 7.11 Å². The summed E-state index contributed by atoms with van der Waals surface area (Å²) in [5.41, 5.74) is 0.196. The van der Waals surface area contributed by atoms with E-state index in [1.54, 1.807) is 18.2 Å². The number of nitriles is 1. The van der Waals surface area contributed by atoms with Gasteiger partial charge >= 0.3 is 0 Å². The third-order valence-electron chi connectivity index (χ3n) is 4.79. The molecule has 2 nitrogen and oxygen atoms in total. The summed E-state index contributed by atoms with van der Waals surface area (Å²) >= 11 is 0. The molecule has 0 heterocycles. The Bertz CT molecular complexity index is 512. The van der Waals surface area contributed by atoms with Crippen molar-refractivity contribution in [3.8, 4) is 11.8 Å². The molecule has 0 N–H and O–H groups in total. The van der Waals surface area contributed by atoms with E-state index in [1.165, 1.54) is 20.0 Å². The zero-order valence-corrected chi connectivity index (χ0v) is 13.0. The average Bonchev–Trinajstić information content (AvgIpc) is 2.52. The highest BCUT2D eigenvalue weighted by Gasteiger charge is 2.36. The van der Waals surface area contributed by atoms with E-state index in [9.17, 15) is 9.65 Å². The van der Waals surface area contributed by atoms with Crippen molar-refractivity contribution < 1.29 is 9.13 Å². The van der Waals surface area contributed by atoms with Crippen LogP contribution in [0.25, 0.3) is 0 Å². The Morgan fingerprint density at radius 2 is 2.10 bits per heavy atom. The lowest BCUT2D eigenvalue weighted by Crippen LogP contribution is -2.28. The van der Waals surface area contributed by atoms with Gasteiger partial charge in [0.05, 0.1) is 18.6 Å². The maximum absolute atomic E-state index is 14.3. The number of hydrogen-bond donors (Lipinski definition) is 0. The first-order valence-corrected chi connectivity index (χ1v) is 7.87. The van der Waals surface area contributed by atoms with Gasteiger partial charge in [-0.15, -0.1) is 0 Å². The summed E-state index contributed by atoms with van der Waals surface area (Å²) in [5.74, 6) is 0.692. The van der Waals surface area contributed by atoms with Crippen LogP contribution in [0, 0.1) is 28.5 Å². The summed E-state index contributed by atoms with van der Waals surface area (Å²) in [6.07, 6.45) is 6.88. The summed E-state index contributed by atoms with van der Waals surface area (Å²) < 4.78 is 19.3. The highest BCUT2D eigenvalue weighted by atomic mass is 19.1. The highest BCUT2D eigenvalue weighted by Crippen LogP contribution is 2.43. The minimum Gasteiger partial charge on any atom is -0.494 e. The number of hydrogen-bond acceptors (Lipinski definition) is 2. The molecule has 1 aliphatic carbocycles. The second-order valence-electron chi connectivity index (χ2n) is 6.23. The monoisotopic (exact) mass is 289 g/mol. The van der Waals surface area contributed by atoms with Crippen LogP contribution >= 0.6 is 0 Å². The number of halogens is 1. The molecule has 1 aliphatic rings. The van der Waals surface area contributed by atoms with Crippen LogP contribution in [0.2, 0.25) is 0 Å². The molecule has 3 heteroatoms. The Kier molecular flexibility index (Phi) is 5.22. The van der Waals surface area contributed by atoms with Gasteiger partial charge in [0.25, 0.3) is 0 Å². The number of ether oxygens (including phenoxy) is 1. The molecule has 0 spiro atoms. The standard InChI is InChI=1S/C18H24FNO/c1-3-5-14-8-10-18(13-20,11-9-14)12-15-6-4-7-16(21-2)17(15)19/h4,6-7,14H,3,5,8-12H2,1-2H3. The van der Waals surface area contributed by atoms with Crippen LogP contribution in [0.1, 0.15) is 51.0 Å². The van der Waals surface area contributed by atoms with E-state index in [4.69, 9.17) is 4.74 Å². The molecule has 21 heavy (non-hydrogen) atoms. The van der Waals surface area contributed by atoms with Gasteiger partial charge in [-0.2, -0.15) is 5.26 Å². The van der Waals surface area contributed by atoms with Crippen molar-refractivity contribution in [3.63, 3.8) is 0 Å². The van der Waals surface area contributed by atoms with Crippen LogP contribution in [-0.2, 0) is 6.42 Å². The SMILES string of the molecule is CCCC1CCC(C#N)(Cc2cccc(OC)c2F)CC1. The highest BCUT2D eigenvalue weighted by molar-refractivity contribution is 5.32. The van der Waals surface area contributed by atoms with Crippen LogP contribution in [0.3, 0.4) is 0 Å². The molecule has 0 radical (unpaired) electrons. The molecular weight excluding hydrogens is 265 g/mol. The first kappa shape index (κ1) is 15.8. The summed E-state index contributed by atoms with van der Waals surface area (Å²) in [5, 5.41) is 9.63. The Balaban J connectivity index is 2.12. The van der Waals surface area contributed by atoms with Gasteiger partial charge in [-0.05, 0) is 49.7 Å². The number of methoxy groups -OCH3 is 1. The van der Waals surface area contributed by atoms with Crippen molar-refractivity contribution in [3.05, 3.63) is 29.6 Å². The lowest BCUT2D eigenvalue weighted by molar-refractivity contribution is 0.199. The largest absolute Gasteiger partial charge is 0.494 e. The molecule has 0 aliphatic heterocycles. The number of nitrogens with zero attached hydrogens (tertiary/aromatic N) is 1. The van der Waals surface area contributed by atoms with Gasteiger partial charge in [0.15, 0.2) is 11.6 Å². The van der Waals surface area contributed by atoms with Crippen molar-refractivity contribution in [1.29, 1.82) is 5.26 Å². The Morgan fingerprint density at radius 3 is 2.67 bits per heavy atom. The molecule has 0 atom stereocenters. The summed E-state index contributed by atoms with van der Waals surface area (Å²) in [6, 6.07) is 7.68. The quantitative estimate of drug-likeness (QED) is 0.774. The third-order valence-corrected chi connectivity index (χ3v) is 4.79. The molecule has 1 aromatic carbocycles. The molecule has 0 saturated heterocycles. The van der Waals surface area contributed by atoms with E-state index in [2.05, 4.69) is 13.0 Å². The first-order valence-electron chi connectivity index (χ1n) is 7.87. The van der Waals surface area contributed by atoms with Gasteiger partial charge in [-0.25, -0.2) is 4.39 Å². The second kappa shape index (κ2) is 6.93. The van der Waals surface area contributed by atoms with E-state index >= 15 is 0 Å². The molecule has 0 bridgehead atoms. The average molecular weight is 289 g/mol. The van der Waals surface area contributed by atoms with Gasteiger partial charge in [-0.3, -0.25) is 0 Å². The normalized spacial score (nSPS) is 25.3. The van der Waals surface area contributed by atoms with E-state index in [0.29, 0.717) is 12.0 Å². The topological polar surface area (TPSA) is 33.0 Å². The van der Waals surface area contributed by atoms with Crippen LogP contribution in [0.5, 0.6) is 5.75 Å². The molecule has 1 aromatic rings. The van der Waals surface area contributed by atoms with Crippen molar-refractivity contribution >= 4 is 0 Å². The number of rotatable bonds is 5. The van der Waals surface area contributed by atoms with Crippen LogP contribution in [0.15, 0.2) is 18.2 Å². The fraction of sp³-hybridized carbons (Fsp3) is 0.611. The Hall–Kier alpha value is -1.56. The van der Waals surface area contributed by atoms with Crippen LogP contribution < -0.4 is 4.74 Å². The molecular formula is C18H24FNO. The molecule has 114 valence electrons. The van der Waals surface area contributed by atoms with Crippen LogP contribution in [-0.4, -0.2) is 7.11 Å². The summed E-state index contributed by atoms with van der Waals surface area (Å²) in [4.78, 5) is 0. The smallest absolute Gasteiger partial charge is 0.168 e. The zero-order valence-electron chi connectivity index (χ0n) is 13.0. The number of benzene rings is 1. The fourth-order valence-corrected chi connectivity index (χ4v) is 3.47. The van der Waals surface area contributed by atoms with E-state index in [1.807, 2.05) is 0 Å². The minimum absolute atomic E-state index is 0.264. The fourth-order valence-electron chi connectivity index (χ4n) is 3.47. The molecule has 0 unspecified atom stereocenters. The van der Waals surface area contributed by atoms with Crippen molar-refractivity contribution in [2.45, 2.75) is 51.9 Å². The van der Waals surface area contributed by atoms with Gasteiger partial charge in [0, 0.05) is 0 Å². The molecule has 2 rings (SSSR count). The van der Waals surface area contributed by atoms with Gasteiger partial charge in [0.1, 0.15) is 0 Å². The predicted octanol–water partition coefficient (Wildman–Crippen LogP) is 4.88. The maximum Gasteiger partial charge on any atom is 0.168 e. The van der Waals surface area contributed by atoms with E-state index in [-0.39, 0.29) is 11.6 Å². The van der Waals surface area contributed by atoms with E-state index < -0.39 is 5.41 Å². The van der Waals surface area contributed by atoms with Crippen molar-refractivity contribution in [2.24, 2.45) is 11.3 Å². The Labute approximate surface area is 126 Å². The van der Waals surface area contributed by atoms with E-state index in [0.717, 1.165) is 31.6 Å². The van der Waals surface area contributed by atoms with Crippen molar-refractivity contribution in [1.82, 2.24) is 0 Å². The lowest BCUT2D eigenvalue weighted by Gasteiger charge is -2.35. The zero-order chi connectivity index (χ0) is 15.3. The van der Waals surface area contributed by atoms with Gasteiger partial charge in [-0.1, -0.05) is 31.9 Å². The summed E-state index contributed by atoms with van der Waals surface area (Å²) in [7, 11) is 1.47. The second-order valence-corrected chi connectivity index (χ2v) is 6.23. The molecule has 1 fully saturated rings. The summed E-state index contributed by atoms with van der Waals surface area (Å²) in [6.45, 7) is 2.21. The predicted molar refractivity (Wildman–Crippen MR) is 81.6 cm³/mol. The molecule has 0 aromatic heterocycles. The Morgan fingerprint density at radius 1 is 1.38 bits per heavy atom. The maximum atomic E-state index is 14.3. The van der Waals surface area contributed by atoms with Gasteiger partial charge < -0.3 is 4.74 Å². The minimum atomic E-state index is -0.405. The first-order chi connectivity index (χ1) is 10.1. The molecule has 0 amide bonds.